The second-order valence-electron chi connectivity index (χ2n) is 5.17. The summed E-state index contributed by atoms with van der Waals surface area (Å²) in [4.78, 5) is 4.19. The van der Waals surface area contributed by atoms with Crippen LogP contribution >= 0.6 is 15.9 Å². The molecule has 19 heavy (non-hydrogen) atoms. The molecule has 3 nitrogen and oxygen atoms in total. The first-order valence-corrected chi connectivity index (χ1v) is 7.64. The van der Waals surface area contributed by atoms with E-state index in [2.05, 4.69) is 55.8 Å². The summed E-state index contributed by atoms with van der Waals surface area (Å²) in [5.74, 6) is 0.862. The minimum absolute atomic E-state index is 0.247. The van der Waals surface area contributed by atoms with Crippen molar-refractivity contribution >= 4 is 21.9 Å². The van der Waals surface area contributed by atoms with Gasteiger partial charge in [-0.2, -0.15) is 0 Å². The first-order valence-electron chi connectivity index (χ1n) is 6.85. The Bertz CT molecular complexity index is 450. The van der Waals surface area contributed by atoms with E-state index < -0.39 is 0 Å². The van der Waals surface area contributed by atoms with E-state index in [0.717, 1.165) is 17.0 Å². The van der Waals surface area contributed by atoms with Crippen LogP contribution in [0.3, 0.4) is 0 Å². The molecule has 1 aliphatic carbocycles. The van der Waals surface area contributed by atoms with Gasteiger partial charge in [-0.3, -0.25) is 4.99 Å². The molecule has 1 aliphatic rings. The highest BCUT2D eigenvalue weighted by Crippen LogP contribution is 2.41. The highest BCUT2D eigenvalue weighted by molar-refractivity contribution is 9.10. The van der Waals surface area contributed by atoms with Crippen LogP contribution in [0.25, 0.3) is 0 Å². The SMILES string of the molecule is CN=C(NC)NCC1(c2cccc(Br)c2)CCCC1. The van der Waals surface area contributed by atoms with E-state index in [0.29, 0.717) is 0 Å². The lowest BCUT2D eigenvalue weighted by Gasteiger charge is -2.30. The summed E-state index contributed by atoms with van der Waals surface area (Å²) < 4.78 is 1.16. The molecular formula is C15H22BrN3. The highest BCUT2D eigenvalue weighted by atomic mass is 79.9. The molecule has 0 saturated heterocycles. The fourth-order valence-electron chi connectivity index (χ4n) is 2.97. The summed E-state index contributed by atoms with van der Waals surface area (Å²) in [5.41, 5.74) is 1.68. The fraction of sp³-hybridized carbons (Fsp3) is 0.533. The van der Waals surface area contributed by atoms with Crippen molar-refractivity contribution in [2.45, 2.75) is 31.1 Å². The Balaban J connectivity index is 2.18. The molecule has 0 aliphatic heterocycles. The Kier molecular flexibility index (Phi) is 4.86. The molecular weight excluding hydrogens is 302 g/mol. The lowest BCUT2D eigenvalue weighted by atomic mass is 9.79. The third kappa shape index (κ3) is 3.30. The number of nitrogens with one attached hydrogen (secondary N) is 2. The third-order valence-electron chi connectivity index (χ3n) is 4.05. The van der Waals surface area contributed by atoms with Crippen LogP contribution in [0.4, 0.5) is 0 Å². The number of hydrogen-bond donors (Lipinski definition) is 2. The fourth-order valence-corrected chi connectivity index (χ4v) is 3.37. The first-order chi connectivity index (χ1) is 9.20. The number of rotatable bonds is 3. The quantitative estimate of drug-likeness (QED) is 0.662. The van der Waals surface area contributed by atoms with Gasteiger partial charge < -0.3 is 10.6 Å². The zero-order valence-electron chi connectivity index (χ0n) is 11.7. The number of benzene rings is 1. The van der Waals surface area contributed by atoms with Gasteiger partial charge in [-0.1, -0.05) is 40.9 Å². The molecule has 0 unspecified atom stereocenters. The summed E-state index contributed by atoms with van der Waals surface area (Å²) in [6.07, 6.45) is 5.12. The largest absolute Gasteiger partial charge is 0.359 e. The second-order valence-corrected chi connectivity index (χ2v) is 6.09. The number of hydrogen-bond acceptors (Lipinski definition) is 1. The van der Waals surface area contributed by atoms with Crippen LogP contribution in [-0.4, -0.2) is 26.6 Å². The topological polar surface area (TPSA) is 36.4 Å². The Labute approximate surface area is 124 Å². The molecule has 1 aromatic rings. The Morgan fingerprint density at radius 3 is 2.68 bits per heavy atom. The van der Waals surface area contributed by atoms with Crippen LogP contribution in [0, 0.1) is 0 Å². The average molecular weight is 324 g/mol. The molecule has 1 fully saturated rings. The second kappa shape index (κ2) is 6.42. The zero-order chi connectivity index (χ0) is 13.7. The van der Waals surface area contributed by atoms with Gasteiger partial charge in [0, 0.05) is 30.5 Å². The van der Waals surface area contributed by atoms with Gasteiger partial charge in [0.25, 0.3) is 0 Å². The van der Waals surface area contributed by atoms with E-state index in [4.69, 9.17) is 0 Å². The van der Waals surface area contributed by atoms with Crippen molar-refractivity contribution in [3.05, 3.63) is 34.3 Å². The number of aliphatic imine (C=N–C) groups is 1. The van der Waals surface area contributed by atoms with E-state index in [1.807, 2.05) is 7.05 Å². The summed E-state index contributed by atoms with van der Waals surface area (Å²) in [6, 6.07) is 8.73. The van der Waals surface area contributed by atoms with E-state index in [9.17, 15) is 0 Å². The molecule has 1 saturated carbocycles. The van der Waals surface area contributed by atoms with Crippen molar-refractivity contribution in [2.24, 2.45) is 4.99 Å². The Morgan fingerprint density at radius 1 is 1.37 bits per heavy atom. The predicted octanol–water partition coefficient (Wildman–Crippen LogP) is 3.06. The van der Waals surface area contributed by atoms with Crippen LogP contribution in [0.15, 0.2) is 33.7 Å². The van der Waals surface area contributed by atoms with Crippen LogP contribution < -0.4 is 10.6 Å². The van der Waals surface area contributed by atoms with E-state index >= 15 is 0 Å². The molecule has 0 heterocycles. The van der Waals surface area contributed by atoms with Crippen molar-refractivity contribution in [3.63, 3.8) is 0 Å². The molecule has 4 heteroatoms. The lowest BCUT2D eigenvalue weighted by molar-refractivity contribution is 0.432. The van der Waals surface area contributed by atoms with Gasteiger partial charge in [0.1, 0.15) is 0 Å². The standard InChI is InChI=1S/C15H22BrN3/c1-17-14(18-2)19-11-15(8-3-4-9-15)12-6-5-7-13(16)10-12/h5-7,10H,3-4,8-9,11H2,1-2H3,(H2,17,18,19). The first kappa shape index (κ1) is 14.4. The van der Waals surface area contributed by atoms with Gasteiger partial charge >= 0.3 is 0 Å². The lowest BCUT2D eigenvalue weighted by Crippen LogP contribution is -2.43. The Hall–Kier alpha value is -1.03. The van der Waals surface area contributed by atoms with Gasteiger partial charge in [-0.25, -0.2) is 0 Å². The predicted molar refractivity (Wildman–Crippen MR) is 84.7 cm³/mol. The normalized spacial score (nSPS) is 18.4. The molecule has 1 aromatic carbocycles. The summed E-state index contributed by atoms with van der Waals surface area (Å²) >= 11 is 3.58. The van der Waals surface area contributed by atoms with Gasteiger partial charge in [-0.05, 0) is 30.5 Å². The van der Waals surface area contributed by atoms with Gasteiger partial charge in [0.2, 0.25) is 0 Å². The molecule has 0 amide bonds. The summed E-state index contributed by atoms with van der Waals surface area (Å²) in [7, 11) is 3.70. The molecule has 0 radical (unpaired) electrons. The van der Waals surface area contributed by atoms with Crippen LogP contribution in [0.2, 0.25) is 0 Å². The van der Waals surface area contributed by atoms with Crippen LogP contribution in [-0.2, 0) is 5.41 Å². The minimum atomic E-state index is 0.247. The maximum atomic E-state index is 4.19. The molecule has 0 aromatic heterocycles. The van der Waals surface area contributed by atoms with Crippen LogP contribution in [0.1, 0.15) is 31.2 Å². The summed E-state index contributed by atoms with van der Waals surface area (Å²) in [6.45, 7) is 0.941. The summed E-state index contributed by atoms with van der Waals surface area (Å²) in [5, 5.41) is 6.53. The number of nitrogens with zero attached hydrogens (tertiary/aromatic N) is 1. The maximum absolute atomic E-state index is 4.19. The van der Waals surface area contributed by atoms with Crippen molar-refractivity contribution in [2.75, 3.05) is 20.6 Å². The molecule has 0 spiro atoms. The molecule has 2 N–H and O–H groups in total. The smallest absolute Gasteiger partial charge is 0.190 e. The number of halogens is 1. The Morgan fingerprint density at radius 2 is 2.11 bits per heavy atom. The molecule has 0 bridgehead atoms. The van der Waals surface area contributed by atoms with Crippen molar-refractivity contribution < 1.29 is 0 Å². The van der Waals surface area contributed by atoms with E-state index in [-0.39, 0.29) is 5.41 Å². The average Bonchev–Trinajstić information content (AvgIpc) is 2.90. The number of guanidine groups is 1. The van der Waals surface area contributed by atoms with Crippen molar-refractivity contribution in [1.82, 2.24) is 10.6 Å². The monoisotopic (exact) mass is 323 g/mol. The van der Waals surface area contributed by atoms with E-state index in [1.54, 1.807) is 7.05 Å². The van der Waals surface area contributed by atoms with E-state index in [1.165, 1.54) is 31.2 Å². The minimum Gasteiger partial charge on any atom is -0.359 e. The van der Waals surface area contributed by atoms with Gasteiger partial charge in [0.15, 0.2) is 5.96 Å². The zero-order valence-corrected chi connectivity index (χ0v) is 13.3. The van der Waals surface area contributed by atoms with Gasteiger partial charge in [-0.15, -0.1) is 0 Å². The highest BCUT2D eigenvalue weighted by Gasteiger charge is 2.35. The van der Waals surface area contributed by atoms with Crippen molar-refractivity contribution in [1.29, 1.82) is 0 Å². The molecule has 104 valence electrons. The molecule has 2 rings (SSSR count). The van der Waals surface area contributed by atoms with Crippen molar-refractivity contribution in [3.8, 4) is 0 Å². The maximum Gasteiger partial charge on any atom is 0.190 e. The van der Waals surface area contributed by atoms with Crippen LogP contribution in [0.5, 0.6) is 0 Å². The van der Waals surface area contributed by atoms with Gasteiger partial charge in [0.05, 0.1) is 0 Å². The third-order valence-corrected chi connectivity index (χ3v) is 4.55. The molecule has 0 atom stereocenters.